The van der Waals surface area contributed by atoms with Crippen LogP contribution in [0.15, 0.2) is 30.3 Å². The van der Waals surface area contributed by atoms with Gasteiger partial charge in [-0.3, -0.25) is 14.6 Å². The van der Waals surface area contributed by atoms with Crippen LogP contribution in [0.3, 0.4) is 0 Å². The van der Waals surface area contributed by atoms with Gasteiger partial charge in [0, 0.05) is 44.8 Å². The molecule has 0 saturated carbocycles. The molecule has 6 nitrogen and oxygen atoms in total. The Morgan fingerprint density at radius 2 is 1.69 bits per heavy atom. The van der Waals surface area contributed by atoms with E-state index in [0.29, 0.717) is 30.6 Å². The van der Waals surface area contributed by atoms with E-state index < -0.39 is 12.0 Å². The molecule has 140 valence electrons. The third kappa shape index (κ3) is 3.63. The van der Waals surface area contributed by atoms with Crippen molar-refractivity contribution in [1.29, 1.82) is 0 Å². The number of aromatic nitrogens is 2. The summed E-state index contributed by atoms with van der Waals surface area (Å²) < 4.78 is 1.81. The van der Waals surface area contributed by atoms with Crippen molar-refractivity contribution in [1.82, 2.24) is 19.4 Å². The summed E-state index contributed by atoms with van der Waals surface area (Å²) in [7, 11) is 1.83. The van der Waals surface area contributed by atoms with Gasteiger partial charge < -0.3 is 9.67 Å². The minimum Gasteiger partial charge on any atom is -0.480 e. The number of rotatable bonds is 5. The summed E-state index contributed by atoms with van der Waals surface area (Å²) >= 11 is 6.40. The highest BCUT2D eigenvalue weighted by Gasteiger charge is 2.35. The molecule has 1 N–H and O–H groups in total. The second-order valence-electron chi connectivity index (χ2n) is 6.94. The molecule has 3 rings (SSSR count). The molecule has 7 heteroatoms. The highest BCUT2D eigenvalue weighted by atomic mass is 35.5. The SMILES string of the molecule is CC(C)N1CCN(C(C(=O)O)c2c(Cl)nc(-c3ccccc3)n2C)CC1. The van der Waals surface area contributed by atoms with Crippen LogP contribution in [0.4, 0.5) is 0 Å². The van der Waals surface area contributed by atoms with E-state index in [1.54, 1.807) is 0 Å². The predicted octanol–water partition coefficient (Wildman–Crippen LogP) is 2.89. The Hall–Kier alpha value is -1.89. The van der Waals surface area contributed by atoms with Crippen LogP contribution in [-0.2, 0) is 11.8 Å². The Morgan fingerprint density at radius 1 is 1.12 bits per heavy atom. The molecule has 0 aliphatic carbocycles. The van der Waals surface area contributed by atoms with Crippen molar-refractivity contribution < 1.29 is 9.90 Å². The maximum Gasteiger partial charge on any atom is 0.327 e. The first-order chi connectivity index (χ1) is 12.4. The normalized spacial score (nSPS) is 17.6. The van der Waals surface area contributed by atoms with Gasteiger partial charge in [-0.1, -0.05) is 41.9 Å². The van der Waals surface area contributed by atoms with Gasteiger partial charge in [0.1, 0.15) is 5.82 Å². The maximum absolute atomic E-state index is 12.1. The summed E-state index contributed by atoms with van der Waals surface area (Å²) in [5.41, 5.74) is 1.45. The number of nitrogens with zero attached hydrogens (tertiary/aromatic N) is 4. The van der Waals surface area contributed by atoms with Crippen LogP contribution in [0, 0.1) is 0 Å². The molecule has 0 bridgehead atoms. The smallest absolute Gasteiger partial charge is 0.327 e. The van der Waals surface area contributed by atoms with Gasteiger partial charge in [-0.2, -0.15) is 0 Å². The van der Waals surface area contributed by atoms with Crippen LogP contribution in [0.25, 0.3) is 11.4 Å². The Morgan fingerprint density at radius 3 is 2.23 bits per heavy atom. The topological polar surface area (TPSA) is 61.6 Å². The summed E-state index contributed by atoms with van der Waals surface area (Å²) in [4.78, 5) is 20.9. The zero-order chi connectivity index (χ0) is 18.8. The van der Waals surface area contributed by atoms with Crippen LogP contribution in [0.2, 0.25) is 5.15 Å². The van der Waals surface area contributed by atoms with Gasteiger partial charge in [0.25, 0.3) is 0 Å². The molecule has 1 unspecified atom stereocenters. The van der Waals surface area contributed by atoms with Gasteiger partial charge in [0.15, 0.2) is 11.2 Å². The standard InChI is InChI=1S/C19H25ClN4O2/c1-13(2)23-9-11-24(12-10-23)16(19(25)26)15-17(20)21-18(22(15)3)14-7-5-4-6-8-14/h4-8,13,16H,9-12H2,1-3H3,(H,25,26). The Balaban J connectivity index is 1.92. The summed E-state index contributed by atoms with van der Waals surface area (Å²) in [5.74, 6) is -0.217. The van der Waals surface area contributed by atoms with E-state index in [-0.39, 0.29) is 5.15 Å². The quantitative estimate of drug-likeness (QED) is 0.869. The molecule has 1 aliphatic rings. The predicted molar refractivity (Wildman–Crippen MR) is 102 cm³/mol. The molecule has 1 fully saturated rings. The van der Waals surface area contributed by atoms with E-state index >= 15 is 0 Å². The first-order valence-electron chi connectivity index (χ1n) is 8.88. The molecule has 1 atom stereocenters. The summed E-state index contributed by atoms with van der Waals surface area (Å²) in [6.07, 6.45) is 0. The minimum absolute atomic E-state index is 0.255. The van der Waals surface area contributed by atoms with Crippen molar-refractivity contribution in [3.8, 4) is 11.4 Å². The molecule has 0 radical (unpaired) electrons. The van der Waals surface area contributed by atoms with Crippen molar-refractivity contribution in [3.05, 3.63) is 41.2 Å². The molecule has 1 saturated heterocycles. The first-order valence-corrected chi connectivity index (χ1v) is 9.26. The second kappa shape index (κ2) is 7.78. The third-order valence-corrected chi connectivity index (χ3v) is 5.34. The number of benzene rings is 1. The van der Waals surface area contributed by atoms with Crippen molar-refractivity contribution in [2.75, 3.05) is 26.2 Å². The summed E-state index contributed by atoms with van der Waals surface area (Å²) in [6, 6.07) is 9.34. The number of carbonyl (C=O) groups is 1. The highest BCUT2D eigenvalue weighted by molar-refractivity contribution is 6.30. The zero-order valence-corrected chi connectivity index (χ0v) is 16.1. The van der Waals surface area contributed by atoms with Gasteiger partial charge in [-0.25, -0.2) is 4.98 Å². The Labute approximate surface area is 159 Å². The van der Waals surface area contributed by atoms with Crippen molar-refractivity contribution >= 4 is 17.6 Å². The summed E-state index contributed by atoms with van der Waals surface area (Å²) in [6.45, 7) is 7.41. The molecule has 1 aromatic heterocycles. The average molecular weight is 377 g/mol. The van der Waals surface area contributed by atoms with E-state index in [1.165, 1.54) is 0 Å². The van der Waals surface area contributed by atoms with Gasteiger partial charge in [-0.15, -0.1) is 0 Å². The van der Waals surface area contributed by atoms with E-state index in [4.69, 9.17) is 11.6 Å². The van der Waals surface area contributed by atoms with Gasteiger partial charge in [-0.05, 0) is 13.8 Å². The van der Waals surface area contributed by atoms with E-state index in [1.807, 2.05) is 46.8 Å². The maximum atomic E-state index is 12.1. The number of carboxylic acids is 1. The molecule has 26 heavy (non-hydrogen) atoms. The van der Waals surface area contributed by atoms with Crippen LogP contribution >= 0.6 is 11.6 Å². The fraction of sp³-hybridized carbons (Fsp3) is 0.474. The minimum atomic E-state index is -0.896. The van der Waals surface area contributed by atoms with E-state index in [2.05, 4.69) is 23.7 Å². The number of hydrogen-bond acceptors (Lipinski definition) is 4. The zero-order valence-electron chi connectivity index (χ0n) is 15.4. The third-order valence-electron chi connectivity index (χ3n) is 5.06. The molecule has 2 heterocycles. The number of piperazine rings is 1. The van der Waals surface area contributed by atoms with Crippen LogP contribution in [-0.4, -0.2) is 62.6 Å². The van der Waals surface area contributed by atoms with Crippen LogP contribution in [0.5, 0.6) is 0 Å². The molecular weight excluding hydrogens is 352 g/mol. The molecular formula is C19H25ClN4O2. The number of carboxylic acid groups (broad SMARTS) is 1. The highest BCUT2D eigenvalue weighted by Crippen LogP contribution is 2.32. The van der Waals surface area contributed by atoms with Crippen molar-refractivity contribution in [2.45, 2.75) is 25.9 Å². The number of halogens is 1. The van der Waals surface area contributed by atoms with Gasteiger partial charge in [0.2, 0.25) is 0 Å². The second-order valence-corrected chi connectivity index (χ2v) is 7.30. The van der Waals surface area contributed by atoms with Gasteiger partial charge >= 0.3 is 5.97 Å². The summed E-state index contributed by atoms with van der Waals surface area (Å²) in [5, 5.41) is 10.2. The van der Waals surface area contributed by atoms with Gasteiger partial charge in [0.05, 0.1) is 5.69 Å². The lowest BCUT2D eigenvalue weighted by molar-refractivity contribution is -0.144. The fourth-order valence-electron chi connectivity index (χ4n) is 3.58. The van der Waals surface area contributed by atoms with Crippen molar-refractivity contribution in [2.24, 2.45) is 7.05 Å². The lowest BCUT2D eigenvalue weighted by atomic mass is 10.1. The Bertz CT molecular complexity index is 767. The first kappa shape index (κ1) is 18.9. The number of aliphatic carboxylic acids is 1. The van der Waals surface area contributed by atoms with E-state index in [9.17, 15) is 9.90 Å². The lowest BCUT2D eigenvalue weighted by Gasteiger charge is -2.39. The van der Waals surface area contributed by atoms with Crippen LogP contribution in [0.1, 0.15) is 25.6 Å². The molecule has 1 aromatic carbocycles. The monoisotopic (exact) mass is 376 g/mol. The van der Waals surface area contributed by atoms with Crippen molar-refractivity contribution in [3.63, 3.8) is 0 Å². The van der Waals surface area contributed by atoms with E-state index in [0.717, 1.165) is 18.7 Å². The number of imidazole rings is 1. The largest absolute Gasteiger partial charge is 0.480 e. The average Bonchev–Trinajstić information content (AvgIpc) is 2.91. The molecule has 1 aliphatic heterocycles. The number of hydrogen-bond donors (Lipinski definition) is 1. The lowest BCUT2D eigenvalue weighted by Crippen LogP contribution is -2.51. The molecule has 0 amide bonds. The van der Waals surface area contributed by atoms with Crippen LogP contribution < -0.4 is 0 Å². The molecule has 2 aromatic rings. The fourth-order valence-corrected chi connectivity index (χ4v) is 3.89. The molecule has 0 spiro atoms. The Kier molecular flexibility index (Phi) is 5.65.